The molecule has 0 spiro atoms. The molecule has 0 aliphatic carbocycles. The summed E-state index contributed by atoms with van der Waals surface area (Å²) in [6.07, 6.45) is 0. The highest BCUT2D eigenvalue weighted by Crippen LogP contribution is 2.43. The van der Waals surface area contributed by atoms with Crippen molar-refractivity contribution in [3.8, 4) is 0 Å². The van der Waals surface area contributed by atoms with Gasteiger partial charge in [0, 0.05) is 18.2 Å². The Kier molecular flexibility index (Phi) is 2.87. The normalized spacial score (nSPS) is 20.6. The number of methoxy groups -OCH3 is 1. The number of carbonyl (C=O) groups is 1. The summed E-state index contributed by atoms with van der Waals surface area (Å²) < 4.78 is 11.3. The first-order valence-electron chi connectivity index (χ1n) is 6.54. The quantitative estimate of drug-likeness (QED) is 0.784. The molecule has 3 rings (SSSR count). The van der Waals surface area contributed by atoms with E-state index in [4.69, 9.17) is 9.47 Å². The summed E-state index contributed by atoms with van der Waals surface area (Å²) >= 11 is 0. The van der Waals surface area contributed by atoms with E-state index in [2.05, 4.69) is 6.07 Å². The fourth-order valence-corrected chi connectivity index (χ4v) is 2.83. The average molecular weight is 268 g/mol. The van der Waals surface area contributed by atoms with E-state index < -0.39 is 5.79 Å². The first-order chi connectivity index (χ1) is 9.58. The second-order valence-electron chi connectivity index (χ2n) is 5.07. The fourth-order valence-electron chi connectivity index (χ4n) is 2.83. The van der Waals surface area contributed by atoms with E-state index in [0.717, 1.165) is 22.3 Å². The maximum Gasteiger partial charge on any atom is 0.341 e. The number of cyclic esters (lactones) is 1. The van der Waals surface area contributed by atoms with Crippen molar-refractivity contribution in [3.63, 3.8) is 0 Å². The highest BCUT2D eigenvalue weighted by Gasteiger charge is 2.48. The van der Waals surface area contributed by atoms with Crippen molar-refractivity contribution in [1.29, 1.82) is 0 Å². The molecule has 0 radical (unpaired) electrons. The molecule has 0 bridgehead atoms. The highest BCUT2D eigenvalue weighted by atomic mass is 16.7. The van der Waals surface area contributed by atoms with Gasteiger partial charge in [0.2, 0.25) is 0 Å². The first kappa shape index (κ1) is 12.9. The maximum atomic E-state index is 12.1. The van der Waals surface area contributed by atoms with E-state index in [-0.39, 0.29) is 5.97 Å². The number of rotatable bonds is 2. The molecule has 20 heavy (non-hydrogen) atoms. The minimum Gasteiger partial charge on any atom is -0.420 e. The molecule has 0 N–H and O–H groups in total. The average Bonchev–Trinajstić information content (AvgIpc) is 2.73. The summed E-state index contributed by atoms with van der Waals surface area (Å²) in [7, 11) is 1.56. The number of hydrogen-bond donors (Lipinski definition) is 0. The van der Waals surface area contributed by atoms with Crippen LogP contribution in [-0.2, 0) is 15.3 Å². The molecule has 1 heterocycles. The predicted octanol–water partition coefficient (Wildman–Crippen LogP) is 3.32. The summed E-state index contributed by atoms with van der Waals surface area (Å²) in [5.74, 6) is -1.48. The van der Waals surface area contributed by atoms with Gasteiger partial charge in [0.05, 0.1) is 5.56 Å². The highest BCUT2D eigenvalue weighted by molar-refractivity contribution is 5.95. The van der Waals surface area contributed by atoms with Crippen molar-refractivity contribution in [2.75, 3.05) is 7.11 Å². The van der Waals surface area contributed by atoms with Crippen LogP contribution in [0.1, 0.15) is 32.6 Å². The van der Waals surface area contributed by atoms with Crippen LogP contribution >= 0.6 is 0 Å². The van der Waals surface area contributed by atoms with Crippen molar-refractivity contribution >= 4 is 5.97 Å². The number of hydrogen-bond acceptors (Lipinski definition) is 3. The molecule has 1 atom stereocenters. The molecule has 0 saturated heterocycles. The lowest BCUT2D eigenvalue weighted by molar-refractivity contribution is -0.155. The lowest BCUT2D eigenvalue weighted by Gasteiger charge is -2.29. The van der Waals surface area contributed by atoms with E-state index >= 15 is 0 Å². The van der Waals surface area contributed by atoms with Gasteiger partial charge in [-0.3, -0.25) is 0 Å². The van der Waals surface area contributed by atoms with E-state index in [1.54, 1.807) is 13.2 Å². The number of carbonyl (C=O) groups excluding carboxylic acids is 1. The second-order valence-corrected chi connectivity index (χ2v) is 5.07. The standard InChI is InChI=1S/C17H16O3/c1-11-8-9-14(12(2)10-11)17(19-3)15-7-5-4-6-13(15)16(18)20-17/h4-10H,1-3H3/t17-/m1/s1. The second kappa shape index (κ2) is 4.46. The van der Waals surface area contributed by atoms with Gasteiger partial charge >= 0.3 is 5.97 Å². The Morgan fingerprint density at radius 1 is 1.05 bits per heavy atom. The molecule has 2 aromatic carbocycles. The molecule has 3 heteroatoms. The predicted molar refractivity (Wildman–Crippen MR) is 75.6 cm³/mol. The van der Waals surface area contributed by atoms with Gasteiger partial charge in [-0.2, -0.15) is 0 Å². The Balaban J connectivity index is 2.26. The SMILES string of the molecule is CO[C@]1(c2ccc(C)cc2C)OC(=O)c2ccccc21. The largest absolute Gasteiger partial charge is 0.420 e. The van der Waals surface area contributed by atoms with Gasteiger partial charge in [0.1, 0.15) is 0 Å². The summed E-state index contributed by atoms with van der Waals surface area (Å²) in [6, 6.07) is 13.4. The van der Waals surface area contributed by atoms with Crippen LogP contribution in [0.4, 0.5) is 0 Å². The van der Waals surface area contributed by atoms with Crippen molar-refractivity contribution in [1.82, 2.24) is 0 Å². The monoisotopic (exact) mass is 268 g/mol. The molecule has 0 amide bonds. The molecule has 102 valence electrons. The molecule has 0 aromatic heterocycles. The van der Waals surface area contributed by atoms with Gasteiger partial charge < -0.3 is 9.47 Å². The summed E-state index contributed by atoms with van der Waals surface area (Å²) in [5.41, 5.74) is 4.39. The maximum absolute atomic E-state index is 12.1. The van der Waals surface area contributed by atoms with Crippen LogP contribution in [0.15, 0.2) is 42.5 Å². The number of benzene rings is 2. The number of aryl methyl sites for hydroxylation is 2. The van der Waals surface area contributed by atoms with Crippen LogP contribution in [0.25, 0.3) is 0 Å². The molecule has 0 saturated carbocycles. The third-order valence-corrected chi connectivity index (χ3v) is 3.76. The summed E-state index contributed by atoms with van der Waals surface area (Å²) in [5, 5.41) is 0. The topological polar surface area (TPSA) is 35.5 Å². The molecule has 1 aliphatic rings. The number of ether oxygens (including phenoxy) is 2. The van der Waals surface area contributed by atoms with Gasteiger partial charge in [-0.05, 0) is 25.5 Å². The van der Waals surface area contributed by atoms with E-state index in [0.29, 0.717) is 5.56 Å². The van der Waals surface area contributed by atoms with Crippen LogP contribution in [-0.4, -0.2) is 13.1 Å². The van der Waals surface area contributed by atoms with Gasteiger partial charge in [0.15, 0.2) is 0 Å². The molecular weight excluding hydrogens is 252 g/mol. The Labute approximate surface area is 118 Å². The Morgan fingerprint density at radius 2 is 1.80 bits per heavy atom. The van der Waals surface area contributed by atoms with Crippen LogP contribution in [0.5, 0.6) is 0 Å². The first-order valence-corrected chi connectivity index (χ1v) is 6.54. The van der Waals surface area contributed by atoms with Crippen molar-refractivity contribution < 1.29 is 14.3 Å². The summed E-state index contributed by atoms with van der Waals surface area (Å²) in [6.45, 7) is 4.03. The van der Waals surface area contributed by atoms with Crippen LogP contribution in [0, 0.1) is 13.8 Å². The molecule has 0 fully saturated rings. The molecular formula is C17H16O3. The fraction of sp³-hybridized carbons (Fsp3) is 0.235. The lowest BCUT2D eigenvalue weighted by atomic mass is 9.91. The zero-order valence-electron chi connectivity index (χ0n) is 11.8. The Bertz CT molecular complexity index is 690. The molecule has 1 aliphatic heterocycles. The third kappa shape index (κ3) is 1.67. The van der Waals surface area contributed by atoms with Crippen LogP contribution in [0.3, 0.4) is 0 Å². The molecule has 3 nitrogen and oxygen atoms in total. The van der Waals surface area contributed by atoms with E-state index in [1.165, 1.54) is 0 Å². The Hall–Kier alpha value is -2.13. The molecule has 0 unspecified atom stereocenters. The van der Waals surface area contributed by atoms with Crippen molar-refractivity contribution in [2.24, 2.45) is 0 Å². The van der Waals surface area contributed by atoms with Crippen LogP contribution in [0.2, 0.25) is 0 Å². The van der Waals surface area contributed by atoms with Gasteiger partial charge in [-0.25, -0.2) is 4.79 Å². The smallest absolute Gasteiger partial charge is 0.341 e. The van der Waals surface area contributed by atoms with Gasteiger partial charge in [-0.1, -0.05) is 42.0 Å². The van der Waals surface area contributed by atoms with Crippen LogP contribution < -0.4 is 0 Å². The minimum atomic E-state index is -1.13. The van der Waals surface area contributed by atoms with Gasteiger partial charge in [0.25, 0.3) is 5.79 Å². The number of esters is 1. The Morgan fingerprint density at radius 3 is 2.50 bits per heavy atom. The van der Waals surface area contributed by atoms with Crippen molar-refractivity contribution in [3.05, 3.63) is 70.3 Å². The minimum absolute atomic E-state index is 0.345. The van der Waals surface area contributed by atoms with Gasteiger partial charge in [-0.15, -0.1) is 0 Å². The molecule has 2 aromatic rings. The van der Waals surface area contributed by atoms with E-state index in [9.17, 15) is 4.79 Å². The number of fused-ring (bicyclic) bond motifs is 1. The summed E-state index contributed by atoms with van der Waals surface area (Å²) in [4.78, 5) is 12.1. The third-order valence-electron chi connectivity index (χ3n) is 3.76. The van der Waals surface area contributed by atoms with Crippen molar-refractivity contribution in [2.45, 2.75) is 19.6 Å². The zero-order chi connectivity index (χ0) is 14.3. The lowest BCUT2D eigenvalue weighted by Crippen LogP contribution is -2.31. The zero-order valence-corrected chi connectivity index (χ0v) is 11.8. The van der Waals surface area contributed by atoms with E-state index in [1.807, 2.05) is 44.2 Å².